The number of aromatic amines is 2. The molecular formula is C97H85N5O4. The minimum atomic E-state index is -0.456. The Hall–Kier alpha value is -11.9. The van der Waals surface area contributed by atoms with E-state index in [9.17, 15) is 0 Å². The molecule has 0 saturated heterocycles. The summed E-state index contributed by atoms with van der Waals surface area (Å²) in [6.45, 7) is 32.4. The molecule has 6 heterocycles. The van der Waals surface area contributed by atoms with Crippen LogP contribution < -0.4 is 14.4 Å². The minimum absolute atomic E-state index is 0.127. The number of carbonyl (C=O) groups is 2. The number of H-pyrrole nitrogens is 2. The van der Waals surface area contributed by atoms with Crippen LogP contribution in [0.5, 0.6) is 23.0 Å². The van der Waals surface area contributed by atoms with Crippen molar-refractivity contribution in [2.45, 2.75) is 126 Å². The van der Waals surface area contributed by atoms with E-state index in [1.807, 2.05) is 42.5 Å². The molecule has 9 heteroatoms. The lowest BCUT2D eigenvalue weighted by molar-refractivity contribution is 0.0892. The Morgan fingerprint density at radius 2 is 0.708 bits per heavy atom. The van der Waals surface area contributed by atoms with Crippen LogP contribution in [0.1, 0.15) is 166 Å². The third kappa shape index (κ3) is 11.5. The summed E-state index contributed by atoms with van der Waals surface area (Å²) in [5, 5.41) is 6.32. The fraction of sp³-hybridized carbons (Fsp3) is 0.196. The van der Waals surface area contributed by atoms with Crippen molar-refractivity contribution in [2.75, 3.05) is 4.90 Å². The van der Waals surface area contributed by atoms with Gasteiger partial charge in [0.25, 0.3) is 11.8 Å². The van der Waals surface area contributed by atoms with Gasteiger partial charge in [0.05, 0.1) is 39.6 Å². The number of benzene rings is 11. The van der Waals surface area contributed by atoms with Gasteiger partial charge in [0.1, 0.15) is 23.0 Å². The second-order valence-corrected chi connectivity index (χ2v) is 33.3. The Bertz CT molecular complexity index is 6080. The third-order valence-electron chi connectivity index (χ3n) is 21.6. The number of nitrogens with one attached hydrogen (secondary N) is 2. The van der Waals surface area contributed by atoms with Gasteiger partial charge >= 0.3 is 0 Å². The fourth-order valence-corrected chi connectivity index (χ4v) is 15.9. The van der Waals surface area contributed by atoms with Crippen LogP contribution in [0.3, 0.4) is 0 Å². The molecule has 9 nitrogen and oxygen atoms in total. The first-order valence-electron chi connectivity index (χ1n) is 36.8. The normalized spacial score (nSPS) is 13.4. The molecule has 0 radical (unpaired) electrons. The van der Waals surface area contributed by atoms with Crippen LogP contribution in [-0.2, 0) is 21.7 Å². The number of hydrogen-bond donors (Lipinski definition) is 2. The summed E-state index contributed by atoms with van der Waals surface area (Å²) in [5.74, 6) is 1.25. The van der Waals surface area contributed by atoms with Gasteiger partial charge in [-0.2, -0.15) is 0 Å². The maximum atomic E-state index is 16.4. The summed E-state index contributed by atoms with van der Waals surface area (Å²) in [6.07, 6.45) is 8.60. The zero-order chi connectivity index (χ0) is 73.8. The number of anilines is 1. The Balaban J connectivity index is 0.998. The van der Waals surface area contributed by atoms with Crippen LogP contribution in [-0.4, -0.2) is 31.8 Å². The van der Waals surface area contributed by atoms with Gasteiger partial charge in [-0.15, -0.1) is 0 Å². The molecule has 0 aliphatic carbocycles. The second-order valence-electron chi connectivity index (χ2n) is 33.3. The molecule has 0 fully saturated rings. The average Bonchev–Trinajstić information content (AvgIpc) is 0.739. The van der Waals surface area contributed by atoms with Crippen molar-refractivity contribution in [3.05, 3.63) is 279 Å². The highest BCUT2D eigenvalue weighted by atomic mass is 16.5. The van der Waals surface area contributed by atoms with Gasteiger partial charge in [-0.05, 0) is 200 Å². The van der Waals surface area contributed by atoms with Gasteiger partial charge in [-0.1, -0.05) is 239 Å². The number of carbonyl (C=O) groups excluding carboxylic acids is 2. The van der Waals surface area contributed by atoms with E-state index in [1.165, 1.54) is 10.5 Å². The largest absolute Gasteiger partial charge is 0.457 e. The number of amides is 2. The Morgan fingerprint density at radius 1 is 0.330 bits per heavy atom. The Morgan fingerprint density at radius 3 is 1.11 bits per heavy atom. The molecular weight excluding hydrogens is 1300 g/mol. The molecule has 14 aromatic rings. The van der Waals surface area contributed by atoms with E-state index >= 15 is 9.59 Å². The fourth-order valence-electron chi connectivity index (χ4n) is 15.9. The highest BCUT2D eigenvalue weighted by Crippen LogP contribution is 2.55. The number of aryl methyl sites for hydroxylation is 3. The highest BCUT2D eigenvalue weighted by Gasteiger charge is 2.41. The van der Waals surface area contributed by atoms with Crippen molar-refractivity contribution in [2.24, 2.45) is 0 Å². The molecule has 3 aliphatic rings. The Labute approximate surface area is 619 Å². The molecule has 106 heavy (non-hydrogen) atoms. The van der Waals surface area contributed by atoms with Crippen LogP contribution in [0.2, 0.25) is 0 Å². The smallest absolute Gasteiger partial charge is 0.266 e. The molecule has 8 bridgehead atoms. The van der Waals surface area contributed by atoms with Crippen LogP contribution in [0.4, 0.5) is 5.69 Å². The quantitative estimate of drug-likeness (QED) is 0.0846. The van der Waals surface area contributed by atoms with E-state index < -0.39 is 17.2 Å². The van der Waals surface area contributed by atoms with Gasteiger partial charge in [-0.3, -0.25) is 9.59 Å². The molecule has 522 valence electrons. The number of aromatic nitrogens is 4. The van der Waals surface area contributed by atoms with E-state index in [-0.39, 0.29) is 16.2 Å². The first kappa shape index (κ1) is 67.2. The van der Waals surface area contributed by atoms with E-state index in [1.54, 1.807) is 0 Å². The van der Waals surface area contributed by atoms with Gasteiger partial charge in [0.2, 0.25) is 0 Å². The monoisotopic (exact) mass is 1380 g/mol. The summed E-state index contributed by atoms with van der Waals surface area (Å²) >= 11 is 0. The van der Waals surface area contributed by atoms with Crippen molar-refractivity contribution < 1.29 is 19.1 Å². The van der Waals surface area contributed by atoms with E-state index in [4.69, 9.17) is 19.4 Å². The van der Waals surface area contributed by atoms with Gasteiger partial charge in [-0.25, -0.2) is 14.9 Å². The maximum Gasteiger partial charge on any atom is 0.266 e. The molecule has 2 amide bonds. The maximum absolute atomic E-state index is 16.4. The van der Waals surface area contributed by atoms with Crippen molar-refractivity contribution in [1.82, 2.24) is 19.9 Å². The van der Waals surface area contributed by atoms with Crippen LogP contribution in [0, 0.1) is 20.8 Å². The van der Waals surface area contributed by atoms with Crippen molar-refractivity contribution in [1.29, 1.82) is 0 Å². The molecule has 2 N–H and O–H groups in total. The lowest BCUT2D eigenvalue weighted by Crippen LogP contribution is -2.42. The van der Waals surface area contributed by atoms with Crippen molar-refractivity contribution >= 4 is 107 Å². The van der Waals surface area contributed by atoms with Crippen LogP contribution in [0.25, 0.3) is 134 Å². The zero-order valence-electron chi connectivity index (χ0n) is 62.9. The van der Waals surface area contributed by atoms with Crippen LogP contribution in [0.15, 0.2) is 206 Å². The lowest BCUT2D eigenvalue weighted by Gasteiger charge is -2.34. The zero-order valence-corrected chi connectivity index (χ0v) is 62.9. The Kier molecular flexibility index (Phi) is 15.6. The standard InChI is InChI=1S/C97H85N5O4/c1-54-19-25-57(26-20-54)83-72-43-45-74(98-72)84(58-27-21-55(2)22-28-58)76-47-49-78(100-76)88(79-50-48-77(101-79)85(75-46-44-73(83)99-75)59-29-23-56(3)24-30-59)66-40-41-68-86-65(66)17-16-18-67(86)89-81(105-63-36-31-60(32-37-63)94(4,5)6)52-69-87-70(53-82(90(68)91(87)89)106-64-38-33-61(34-39-64)95(7,8)9)93(104)102(92(69)103)80-51-62(96(10,11)12)35-42-71(80)97(13,14)15/h16-53,98,101H,1-15H3. The summed E-state index contributed by atoms with van der Waals surface area (Å²) < 4.78 is 14.8. The first-order chi connectivity index (χ1) is 50.6. The summed E-state index contributed by atoms with van der Waals surface area (Å²) in [4.78, 5) is 53.5. The molecule has 3 aliphatic heterocycles. The summed E-state index contributed by atoms with van der Waals surface area (Å²) in [7, 11) is 0. The lowest BCUT2D eigenvalue weighted by atomic mass is 9.79. The van der Waals surface area contributed by atoms with E-state index in [2.05, 4.69) is 302 Å². The predicted molar refractivity (Wildman–Crippen MR) is 441 cm³/mol. The second kappa shape index (κ2) is 24.6. The number of ether oxygens (including phenoxy) is 2. The number of fused-ring (bicyclic) bond motifs is 10. The number of rotatable bonds is 9. The van der Waals surface area contributed by atoms with E-state index in [0.717, 1.165) is 155 Å². The first-order valence-corrected chi connectivity index (χ1v) is 36.8. The molecule has 17 rings (SSSR count). The molecule has 11 aromatic carbocycles. The van der Waals surface area contributed by atoms with Gasteiger partial charge in [0.15, 0.2) is 0 Å². The SMILES string of the molecule is Cc1ccc(-c2c3nc(c(-c4ccc(C)cc4)c4ccc([nH]4)c(-c4ccc5c6c(Oc7ccc(C(C)(C)C)cc7)cc7c8c(cc(Oc9ccc(C(C)(C)C)cc9)c(c9cccc4c95)c86)C(=O)N(c4cc(C(C)(C)C)ccc4C(C)(C)C)C7=O)c4nc(c(-c5ccc(C)cc5)c5ccc2[nH]5)C=C4)C=C3)cc1. The number of nitrogens with zero attached hydrogens (tertiary/aromatic N) is 3. The average molecular weight is 1380 g/mol. The summed E-state index contributed by atoms with van der Waals surface area (Å²) in [5.41, 5.74) is 22.5. The molecule has 0 unspecified atom stereocenters. The predicted octanol–water partition coefficient (Wildman–Crippen LogP) is 25.9. The van der Waals surface area contributed by atoms with Crippen molar-refractivity contribution in [3.8, 4) is 67.5 Å². The topological polar surface area (TPSA) is 113 Å². The number of imide groups is 1. The van der Waals surface area contributed by atoms with Gasteiger partial charge < -0.3 is 19.4 Å². The molecule has 3 aromatic heterocycles. The summed E-state index contributed by atoms with van der Waals surface area (Å²) in [6, 6.07) is 72.3. The van der Waals surface area contributed by atoms with Gasteiger partial charge in [0, 0.05) is 65.9 Å². The molecule has 0 spiro atoms. The number of hydrogen-bond acceptors (Lipinski definition) is 6. The van der Waals surface area contributed by atoms with E-state index in [0.29, 0.717) is 50.6 Å². The highest BCUT2D eigenvalue weighted by molar-refractivity contribution is 6.44. The third-order valence-corrected chi connectivity index (χ3v) is 21.6. The minimum Gasteiger partial charge on any atom is -0.457 e. The molecule has 0 atom stereocenters. The van der Waals surface area contributed by atoms with Crippen molar-refractivity contribution in [3.63, 3.8) is 0 Å². The molecule has 0 saturated carbocycles. The van der Waals surface area contributed by atoms with Crippen LogP contribution >= 0.6 is 0 Å².